The molecule has 0 aliphatic rings. The third-order valence-corrected chi connectivity index (χ3v) is 5.44. The summed E-state index contributed by atoms with van der Waals surface area (Å²) in [7, 11) is 1.78. The quantitative estimate of drug-likeness (QED) is 0.390. The lowest BCUT2D eigenvalue weighted by molar-refractivity contribution is 0.308. The van der Waals surface area contributed by atoms with Crippen LogP contribution in [0.1, 0.15) is 23.4 Å². The number of ether oxygens (including phenoxy) is 1. The smallest absolute Gasteiger partial charge is 0.250 e. The number of rotatable bonds is 10. The number of pyridine rings is 3. The van der Waals surface area contributed by atoms with Crippen LogP contribution in [-0.2, 0) is 26.4 Å². The molecule has 0 saturated carbocycles. The molecular weight excluding hydrogens is 400 g/mol. The topological polar surface area (TPSA) is 69.0 Å². The largest absolute Gasteiger partial charge is 0.494 e. The Labute approximate surface area is 187 Å². The molecule has 6 nitrogen and oxygen atoms in total. The van der Waals surface area contributed by atoms with E-state index in [0.717, 1.165) is 60.4 Å². The fraction of sp³-hybridized carbons (Fsp3) is 0.269. The highest BCUT2D eigenvalue weighted by molar-refractivity contribution is 5.80. The summed E-state index contributed by atoms with van der Waals surface area (Å²) in [6.07, 6.45) is 6.40. The Balaban J connectivity index is 1.18. The number of hydrogen-bond acceptors (Lipinski definition) is 5. The second-order valence-electron chi connectivity index (χ2n) is 7.81. The Morgan fingerprint density at radius 3 is 2.69 bits per heavy atom. The summed E-state index contributed by atoms with van der Waals surface area (Å²) >= 11 is 0. The van der Waals surface area contributed by atoms with Gasteiger partial charge in [-0.2, -0.15) is 0 Å². The van der Waals surface area contributed by atoms with Crippen LogP contribution in [0, 0.1) is 0 Å². The second kappa shape index (κ2) is 10.7. The monoisotopic (exact) mass is 428 g/mol. The zero-order valence-corrected chi connectivity index (χ0v) is 18.3. The highest BCUT2D eigenvalue weighted by Gasteiger charge is 2.03. The molecule has 0 atom stereocenters. The Bertz CT molecular complexity index is 1220. The molecule has 0 aliphatic carbocycles. The molecule has 1 N–H and O–H groups in total. The van der Waals surface area contributed by atoms with Gasteiger partial charge < -0.3 is 14.6 Å². The second-order valence-corrected chi connectivity index (χ2v) is 7.81. The number of nitrogens with one attached hydrogen (secondary N) is 1. The van der Waals surface area contributed by atoms with Crippen LogP contribution in [0.4, 0.5) is 0 Å². The van der Waals surface area contributed by atoms with Crippen LogP contribution in [0.3, 0.4) is 0 Å². The first-order chi connectivity index (χ1) is 15.7. The first-order valence-corrected chi connectivity index (χ1v) is 11.0. The van der Waals surface area contributed by atoms with Gasteiger partial charge in [0.25, 0.3) is 5.56 Å². The number of nitrogens with zero attached hydrogens (tertiary/aromatic N) is 3. The Hall–Kier alpha value is -3.51. The van der Waals surface area contributed by atoms with E-state index in [-0.39, 0.29) is 5.56 Å². The van der Waals surface area contributed by atoms with Gasteiger partial charge in [0.2, 0.25) is 0 Å². The van der Waals surface area contributed by atoms with Gasteiger partial charge in [-0.3, -0.25) is 14.8 Å². The minimum atomic E-state index is -0.00763. The van der Waals surface area contributed by atoms with Gasteiger partial charge >= 0.3 is 0 Å². The van der Waals surface area contributed by atoms with Crippen molar-refractivity contribution in [1.29, 1.82) is 0 Å². The van der Waals surface area contributed by atoms with Gasteiger partial charge in [-0.15, -0.1) is 0 Å². The average molecular weight is 429 g/mol. The maximum atomic E-state index is 11.7. The normalized spacial score (nSPS) is 11.0. The molecule has 4 aromatic rings. The summed E-state index contributed by atoms with van der Waals surface area (Å²) in [5.74, 6) is 0.822. The highest BCUT2D eigenvalue weighted by atomic mass is 16.5. The summed E-state index contributed by atoms with van der Waals surface area (Å²) in [5, 5.41) is 4.47. The lowest BCUT2D eigenvalue weighted by Gasteiger charge is -2.10. The van der Waals surface area contributed by atoms with E-state index in [4.69, 9.17) is 4.74 Å². The molecular formula is C26H28N4O2. The van der Waals surface area contributed by atoms with E-state index in [9.17, 15) is 4.79 Å². The van der Waals surface area contributed by atoms with E-state index < -0.39 is 0 Å². The number of aryl methyl sites for hydroxylation is 3. The van der Waals surface area contributed by atoms with E-state index in [1.807, 2.05) is 54.9 Å². The molecule has 1 aromatic carbocycles. The van der Waals surface area contributed by atoms with Crippen molar-refractivity contribution >= 4 is 10.9 Å². The van der Waals surface area contributed by atoms with Gasteiger partial charge in [0.15, 0.2) is 0 Å². The molecule has 0 amide bonds. The number of fused-ring (bicyclic) bond motifs is 1. The van der Waals surface area contributed by atoms with Crippen LogP contribution in [0.2, 0.25) is 0 Å². The molecule has 0 unspecified atom stereocenters. The highest BCUT2D eigenvalue weighted by Crippen LogP contribution is 2.19. The van der Waals surface area contributed by atoms with Crippen molar-refractivity contribution in [3.05, 3.63) is 100 Å². The predicted molar refractivity (Wildman–Crippen MR) is 127 cm³/mol. The molecule has 0 aliphatic heterocycles. The molecule has 0 saturated heterocycles. The molecule has 6 heteroatoms. The van der Waals surface area contributed by atoms with Crippen LogP contribution in [0.15, 0.2) is 77.9 Å². The van der Waals surface area contributed by atoms with Gasteiger partial charge in [-0.1, -0.05) is 6.07 Å². The van der Waals surface area contributed by atoms with E-state index in [1.165, 1.54) is 5.56 Å². The fourth-order valence-corrected chi connectivity index (χ4v) is 3.65. The van der Waals surface area contributed by atoms with Gasteiger partial charge in [0.1, 0.15) is 5.75 Å². The summed E-state index contributed by atoms with van der Waals surface area (Å²) in [4.78, 5) is 20.6. The maximum Gasteiger partial charge on any atom is 0.250 e. The van der Waals surface area contributed by atoms with Crippen LogP contribution in [-0.4, -0.2) is 27.7 Å². The first-order valence-electron chi connectivity index (χ1n) is 11.0. The molecule has 0 bridgehead atoms. The predicted octanol–water partition coefficient (Wildman–Crippen LogP) is 3.67. The number of hydrogen-bond donors (Lipinski definition) is 1. The summed E-state index contributed by atoms with van der Waals surface area (Å²) in [6.45, 7) is 2.31. The van der Waals surface area contributed by atoms with Gasteiger partial charge in [-0.05, 0) is 79.9 Å². The molecule has 164 valence electrons. The van der Waals surface area contributed by atoms with E-state index in [1.54, 1.807) is 17.7 Å². The average Bonchev–Trinajstić information content (AvgIpc) is 2.83. The molecule has 0 fully saturated rings. The third-order valence-electron chi connectivity index (χ3n) is 5.44. The van der Waals surface area contributed by atoms with Gasteiger partial charge in [-0.25, -0.2) is 0 Å². The maximum absolute atomic E-state index is 11.7. The number of aromatic nitrogens is 3. The first kappa shape index (κ1) is 21.7. The van der Waals surface area contributed by atoms with Crippen LogP contribution in [0.5, 0.6) is 5.75 Å². The van der Waals surface area contributed by atoms with Crippen molar-refractivity contribution in [2.75, 3.05) is 13.2 Å². The summed E-state index contributed by atoms with van der Waals surface area (Å²) in [5.41, 5.74) is 4.31. The van der Waals surface area contributed by atoms with Crippen molar-refractivity contribution in [2.45, 2.75) is 25.8 Å². The van der Waals surface area contributed by atoms with Crippen molar-refractivity contribution in [2.24, 2.45) is 7.05 Å². The van der Waals surface area contributed by atoms with Gasteiger partial charge in [0, 0.05) is 48.8 Å². The van der Waals surface area contributed by atoms with E-state index in [2.05, 4.69) is 27.4 Å². The number of benzene rings is 1. The van der Waals surface area contributed by atoms with Crippen molar-refractivity contribution in [1.82, 2.24) is 19.9 Å². The minimum Gasteiger partial charge on any atom is -0.494 e. The molecule has 0 spiro atoms. The van der Waals surface area contributed by atoms with Crippen molar-refractivity contribution in [3.8, 4) is 5.75 Å². The Kier molecular flexibility index (Phi) is 7.25. The van der Waals surface area contributed by atoms with Crippen molar-refractivity contribution in [3.63, 3.8) is 0 Å². The Morgan fingerprint density at radius 2 is 1.81 bits per heavy atom. The molecule has 32 heavy (non-hydrogen) atoms. The Morgan fingerprint density at radius 1 is 0.938 bits per heavy atom. The standard InChI is InChI=1S/C26H28N4O2/c1-30-25-10-9-24(18-21(25)6-11-26(30)31)32-16-4-13-27-19-20-12-15-29-23(17-20)8-7-22-5-2-3-14-28-22/h2-3,5-6,9-12,14-15,17-18,27H,4,7-8,13,16,19H2,1H3. The zero-order chi connectivity index (χ0) is 22.2. The molecule has 3 aromatic heterocycles. The van der Waals surface area contributed by atoms with E-state index in [0.29, 0.717) is 6.61 Å². The van der Waals surface area contributed by atoms with Crippen LogP contribution >= 0.6 is 0 Å². The van der Waals surface area contributed by atoms with Crippen LogP contribution < -0.4 is 15.6 Å². The molecule has 0 radical (unpaired) electrons. The lowest BCUT2D eigenvalue weighted by atomic mass is 10.1. The SMILES string of the molecule is Cn1c(=O)ccc2cc(OCCCNCc3ccnc(CCc4ccccn4)c3)ccc21. The van der Waals surface area contributed by atoms with Crippen molar-refractivity contribution < 1.29 is 4.74 Å². The summed E-state index contributed by atoms with van der Waals surface area (Å²) < 4.78 is 7.53. The third kappa shape index (κ3) is 5.80. The summed E-state index contributed by atoms with van der Waals surface area (Å²) in [6, 6.07) is 19.5. The lowest BCUT2D eigenvalue weighted by Crippen LogP contribution is -2.17. The van der Waals surface area contributed by atoms with Crippen LogP contribution in [0.25, 0.3) is 10.9 Å². The molecule has 3 heterocycles. The molecule has 4 rings (SSSR count). The van der Waals surface area contributed by atoms with Gasteiger partial charge in [0.05, 0.1) is 12.1 Å². The minimum absolute atomic E-state index is 0.00763. The fourth-order valence-electron chi connectivity index (χ4n) is 3.65. The zero-order valence-electron chi connectivity index (χ0n) is 18.3. The van der Waals surface area contributed by atoms with E-state index >= 15 is 0 Å².